The van der Waals surface area contributed by atoms with Crippen LogP contribution in [0.4, 0.5) is 0 Å². The SMILES string of the molecule is COc1cccc2c1C(=O)c1c(O)c3c(c(O)c1C2=O)C[C@@](O)(C(=O)CO)C[C@@H]3O[C@H]1CC2N=C(C)OC2[C@H](C)O1. The Balaban J connectivity index is 1.49. The molecule has 1 saturated heterocycles. The molecule has 4 N–H and O–H groups in total. The minimum absolute atomic E-state index is 0.0319. The number of aliphatic imine (C=N–C) groups is 1. The number of phenolic OH excluding ortho intramolecular Hbond substituents is 2. The number of carbonyl (C=O) groups is 3. The zero-order chi connectivity index (χ0) is 29.4. The number of ketones is 3. The first-order chi connectivity index (χ1) is 19.5. The van der Waals surface area contributed by atoms with Gasteiger partial charge in [-0.2, -0.15) is 0 Å². The number of aromatic hydroxyl groups is 2. The number of aliphatic hydroxyl groups excluding tert-OH is 1. The van der Waals surface area contributed by atoms with Crippen LogP contribution in [0, 0.1) is 0 Å². The van der Waals surface area contributed by atoms with Gasteiger partial charge < -0.3 is 39.4 Å². The zero-order valence-corrected chi connectivity index (χ0v) is 22.5. The average Bonchev–Trinajstić information content (AvgIpc) is 3.33. The highest BCUT2D eigenvalue weighted by Crippen LogP contribution is 2.52. The molecule has 2 aromatic carbocycles. The van der Waals surface area contributed by atoms with Gasteiger partial charge in [-0.1, -0.05) is 12.1 Å². The number of hydrogen-bond acceptors (Lipinski definition) is 12. The van der Waals surface area contributed by atoms with E-state index < -0.39 is 83.5 Å². The summed E-state index contributed by atoms with van der Waals surface area (Å²) in [4.78, 5) is 44.5. The maximum atomic E-state index is 13.7. The maximum Gasteiger partial charge on any atom is 0.202 e. The summed E-state index contributed by atoms with van der Waals surface area (Å²) in [7, 11) is 1.34. The number of phenols is 2. The largest absolute Gasteiger partial charge is 0.507 e. The Morgan fingerprint density at radius 3 is 2.59 bits per heavy atom. The second-order valence-electron chi connectivity index (χ2n) is 10.8. The lowest BCUT2D eigenvalue weighted by atomic mass is 9.72. The highest BCUT2D eigenvalue weighted by molar-refractivity contribution is 6.31. The number of hydrogen-bond donors (Lipinski definition) is 4. The van der Waals surface area contributed by atoms with Crippen molar-refractivity contribution in [1.29, 1.82) is 0 Å². The standard InChI is InChI=1S/C29H29NO11/c1-11-28-15(30-12(2)40-28)7-19(39-11)41-17-9-29(37,18(32)10-31)8-14-21(17)27(36)23-22(25(14)34)24(33)13-5-4-6-16(38-3)20(13)26(23)35/h4-6,11,15,17,19,28,31,34,36-37H,7-10H2,1-3H3/t11-,15?,17-,19-,28?,29-/m0/s1. The Morgan fingerprint density at radius 1 is 1.15 bits per heavy atom. The third kappa shape index (κ3) is 4.04. The van der Waals surface area contributed by atoms with Crippen molar-refractivity contribution < 1.29 is 53.8 Å². The molecular formula is C29H29NO11. The molecule has 216 valence electrons. The lowest BCUT2D eigenvalue weighted by Crippen LogP contribution is -2.49. The minimum Gasteiger partial charge on any atom is -0.507 e. The Labute approximate surface area is 234 Å². The molecule has 2 aliphatic heterocycles. The molecule has 0 spiro atoms. The highest BCUT2D eigenvalue weighted by Gasteiger charge is 2.51. The normalized spacial score (nSPS) is 30.0. The summed E-state index contributed by atoms with van der Waals surface area (Å²) in [5, 5.41) is 44.0. The topological polar surface area (TPSA) is 181 Å². The third-order valence-electron chi connectivity index (χ3n) is 8.35. The molecule has 2 aliphatic carbocycles. The molecular weight excluding hydrogens is 538 g/mol. The molecule has 0 radical (unpaired) electrons. The van der Waals surface area contributed by atoms with E-state index in [1.165, 1.54) is 25.3 Å². The van der Waals surface area contributed by atoms with Crippen LogP contribution in [0.2, 0.25) is 0 Å². The van der Waals surface area contributed by atoms with Crippen molar-refractivity contribution >= 4 is 23.2 Å². The van der Waals surface area contributed by atoms with Crippen LogP contribution in [0.15, 0.2) is 23.2 Å². The first-order valence-electron chi connectivity index (χ1n) is 13.2. The molecule has 6 rings (SSSR count). The van der Waals surface area contributed by atoms with Crippen molar-refractivity contribution in [2.75, 3.05) is 13.7 Å². The first kappa shape index (κ1) is 27.3. The number of nitrogens with zero attached hydrogens (tertiary/aromatic N) is 1. The van der Waals surface area contributed by atoms with Gasteiger partial charge in [0.1, 0.15) is 35.6 Å². The molecule has 6 atom stereocenters. The van der Waals surface area contributed by atoms with Crippen LogP contribution in [0.25, 0.3) is 0 Å². The van der Waals surface area contributed by atoms with Gasteiger partial charge in [0.15, 0.2) is 23.8 Å². The van der Waals surface area contributed by atoms with Crippen molar-refractivity contribution in [3.63, 3.8) is 0 Å². The lowest BCUT2D eigenvalue weighted by Gasteiger charge is -2.41. The van der Waals surface area contributed by atoms with Crippen molar-refractivity contribution in [3.05, 3.63) is 51.6 Å². The monoisotopic (exact) mass is 567 g/mol. The van der Waals surface area contributed by atoms with E-state index in [0.717, 1.165) is 0 Å². The molecule has 0 amide bonds. The van der Waals surface area contributed by atoms with Gasteiger partial charge in [0.2, 0.25) is 5.78 Å². The fourth-order valence-electron chi connectivity index (χ4n) is 6.44. The Kier molecular flexibility index (Phi) is 6.42. The molecule has 41 heavy (non-hydrogen) atoms. The van der Waals surface area contributed by atoms with Crippen LogP contribution >= 0.6 is 0 Å². The zero-order valence-electron chi connectivity index (χ0n) is 22.5. The molecule has 0 bridgehead atoms. The van der Waals surface area contributed by atoms with Crippen LogP contribution in [0.3, 0.4) is 0 Å². The molecule has 12 heteroatoms. The van der Waals surface area contributed by atoms with E-state index in [4.69, 9.17) is 18.9 Å². The Bertz CT molecular complexity index is 1530. The van der Waals surface area contributed by atoms with Gasteiger partial charge in [0.25, 0.3) is 0 Å². The van der Waals surface area contributed by atoms with Gasteiger partial charge in [-0.3, -0.25) is 14.4 Å². The van der Waals surface area contributed by atoms with Crippen molar-refractivity contribution in [1.82, 2.24) is 0 Å². The Morgan fingerprint density at radius 2 is 1.88 bits per heavy atom. The van der Waals surface area contributed by atoms with Gasteiger partial charge >= 0.3 is 0 Å². The average molecular weight is 568 g/mol. The second kappa shape index (κ2) is 9.62. The summed E-state index contributed by atoms with van der Waals surface area (Å²) < 4.78 is 23.3. The molecule has 2 aromatic rings. The summed E-state index contributed by atoms with van der Waals surface area (Å²) in [6.07, 6.45) is -3.66. The van der Waals surface area contributed by atoms with Crippen molar-refractivity contribution in [3.8, 4) is 17.2 Å². The van der Waals surface area contributed by atoms with E-state index in [9.17, 15) is 34.8 Å². The molecule has 1 fully saturated rings. The number of fused-ring (bicyclic) bond motifs is 4. The van der Waals surface area contributed by atoms with Gasteiger partial charge in [-0.25, -0.2) is 4.99 Å². The van der Waals surface area contributed by atoms with E-state index in [0.29, 0.717) is 5.90 Å². The van der Waals surface area contributed by atoms with Crippen molar-refractivity contribution in [2.24, 2.45) is 4.99 Å². The van der Waals surface area contributed by atoms with Crippen LogP contribution < -0.4 is 4.74 Å². The van der Waals surface area contributed by atoms with Crippen LogP contribution in [0.5, 0.6) is 17.2 Å². The quantitative estimate of drug-likeness (QED) is 0.328. The summed E-state index contributed by atoms with van der Waals surface area (Å²) >= 11 is 0. The smallest absolute Gasteiger partial charge is 0.202 e. The van der Waals surface area contributed by atoms with E-state index in [2.05, 4.69) is 4.99 Å². The van der Waals surface area contributed by atoms with E-state index in [-0.39, 0.29) is 46.6 Å². The number of carbonyl (C=O) groups excluding carboxylic acids is 3. The van der Waals surface area contributed by atoms with Crippen LogP contribution in [-0.4, -0.2) is 87.5 Å². The molecule has 0 aromatic heterocycles. The van der Waals surface area contributed by atoms with Gasteiger partial charge in [0.05, 0.1) is 42.0 Å². The lowest BCUT2D eigenvalue weighted by molar-refractivity contribution is -0.242. The number of rotatable bonds is 5. The fraction of sp³-hybridized carbons (Fsp3) is 0.448. The summed E-state index contributed by atoms with van der Waals surface area (Å²) in [5.74, 6) is -3.08. The first-order valence-corrected chi connectivity index (χ1v) is 13.2. The number of Topliss-reactive ketones (excluding diaryl/α,β-unsaturated/α-hetero) is 1. The number of methoxy groups -OCH3 is 1. The highest BCUT2D eigenvalue weighted by atomic mass is 16.7. The minimum atomic E-state index is -2.21. The van der Waals surface area contributed by atoms with Crippen molar-refractivity contribution in [2.45, 2.75) is 69.4 Å². The summed E-state index contributed by atoms with van der Waals surface area (Å²) in [5.41, 5.74) is -3.39. The van der Waals surface area contributed by atoms with Gasteiger partial charge in [-0.05, 0) is 13.0 Å². The van der Waals surface area contributed by atoms with E-state index >= 15 is 0 Å². The van der Waals surface area contributed by atoms with Gasteiger partial charge in [-0.15, -0.1) is 0 Å². The molecule has 2 heterocycles. The Hall–Kier alpha value is -3.84. The van der Waals surface area contributed by atoms with E-state index in [1.54, 1.807) is 13.8 Å². The predicted octanol–water partition coefficient (Wildman–Crippen LogP) is 1.50. The summed E-state index contributed by atoms with van der Waals surface area (Å²) in [6, 6.07) is 4.14. The molecule has 0 saturated carbocycles. The molecule has 12 nitrogen and oxygen atoms in total. The van der Waals surface area contributed by atoms with Crippen LogP contribution in [-0.2, 0) is 25.4 Å². The maximum absolute atomic E-state index is 13.7. The van der Waals surface area contributed by atoms with Crippen LogP contribution in [0.1, 0.15) is 75.8 Å². The second-order valence-corrected chi connectivity index (χ2v) is 10.8. The third-order valence-corrected chi connectivity index (χ3v) is 8.35. The number of aliphatic hydroxyl groups is 2. The molecule has 2 unspecified atom stereocenters. The number of benzene rings is 2. The summed E-state index contributed by atoms with van der Waals surface area (Å²) in [6.45, 7) is 2.53. The predicted molar refractivity (Wildman–Crippen MR) is 140 cm³/mol. The van der Waals surface area contributed by atoms with Gasteiger partial charge in [0, 0.05) is 42.9 Å². The fourth-order valence-corrected chi connectivity index (χ4v) is 6.44. The molecule has 4 aliphatic rings. The van der Waals surface area contributed by atoms with E-state index in [1.807, 2.05) is 0 Å². The number of ether oxygens (including phenoxy) is 4.